The molecule has 18 heavy (non-hydrogen) atoms. The third kappa shape index (κ3) is 5.37. The summed E-state index contributed by atoms with van der Waals surface area (Å²) in [5.41, 5.74) is 5.01. The van der Waals surface area contributed by atoms with Crippen LogP contribution in [0, 0.1) is 0 Å². The van der Waals surface area contributed by atoms with Gasteiger partial charge in [0.25, 0.3) is 0 Å². The summed E-state index contributed by atoms with van der Waals surface area (Å²) >= 11 is 0. The van der Waals surface area contributed by atoms with Crippen molar-refractivity contribution < 1.29 is 18.0 Å². The number of halogens is 4. The van der Waals surface area contributed by atoms with Crippen LogP contribution in [-0.2, 0) is 17.4 Å². The third-order valence-electron chi connectivity index (χ3n) is 2.11. The fourth-order valence-corrected chi connectivity index (χ4v) is 1.27. The molecule has 0 aliphatic rings. The van der Waals surface area contributed by atoms with Crippen molar-refractivity contribution in [2.24, 2.45) is 5.73 Å². The van der Waals surface area contributed by atoms with E-state index in [1.807, 2.05) is 0 Å². The van der Waals surface area contributed by atoms with Crippen molar-refractivity contribution in [3.63, 3.8) is 0 Å². The Hall–Kier alpha value is -1.27. The molecule has 102 valence electrons. The molecule has 0 aliphatic carbocycles. The number of alkyl halides is 3. The maximum atomic E-state index is 12.3. The van der Waals surface area contributed by atoms with Crippen molar-refractivity contribution >= 4 is 18.3 Å². The maximum absolute atomic E-state index is 12.3. The molecule has 0 bridgehead atoms. The summed E-state index contributed by atoms with van der Waals surface area (Å²) in [5.74, 6) is -0.254. The lowest BCUT2D eigenvalue weighted by molar-refractivity contribution is -0.137. The van der Waals surface area contributed by atoms with Gasteiger partial charge in [-0.15, -0.1) is 12.4 Å². The molecule has 0 saturated heterocycles. The molecule has 1 aromatic carbocycles. The molecular formula is C11H14ClF3N2O. The van der Waals surface area contributed by atoms with Gasteiger partial charge in [0.1, 0.15) is 0 Å². The quantitative estimate of drug-likeness (QED) is 0.884. The summed E-state index contributed by atoms with van der Waals surface area (Å²) in [7, 11) is 0. The average Bonchev–Trinajstić information content (AvgIpc) is 2.26. The number of rotatable bonds is 4. The van der Waals surface area contributed by atoms with Crippen molar-refractivity contribution in [1.29, 1.82) is 0 Å². The summed E-state index contributed by atoms with van der Waals surface area (Å²) in [6.45, 7) is 0.693. The first-order valence-electron chi connectivity index (χ1n) is 5.06. The zero-order valence-corrected chi connectivity index (χ0v) is 10.3. The minimum atomic E-state index is -4.35. The highest BCUT2D eigenvalue weighted by Crippen LogP contribution is 2.29. The van der Waals surface area contributed by atoms with E-state index in [9.17, 15) is 18.0 Å². The van der Waals surface area contributed by atoms with Crippen LogP contribution in [0.4, 0.5) is 13.2 Å². The molecule has 1 rings (SSSR count). The van der Waals surface area contributed by atoms with Gasteiger partial charge in [-0.25, -0.2) is 0 Å². The van der Waals surface area contributed by atoms with Gasteiger partial charge in [0.2, 0.25) is 5.91 Å². The molecule has 0 spiro atoms. The summed E-state index contributed by atoms with van der Waals surface area (Å²) in [4.78, 5) is 11.3. The molecule has 0 fully saturated rings. The lowest BCUT2D eigenvalue weighted by Crippen LogP contribution is -2.30. The lowest BCUT2D eigenvalue weighted by Gasteiger charge is -2.07. The molecule has 7 heteroatoms. The molecule has 0 aromatic heterocycles. The van der Waals surface area contributed by atoms with Gasteiger partial charge in [0.15, 0.2) is 0 Å². The van der Waals surface area contributed by atoms with Gasteiger partial charge in [-0.3, -0.25) is 4.79 Å². The minimum absolute atomic E-state index is 0. The molecule has 0 radical (unpaired) electrons. The van der Waals surface area contributed by atoms with Gasteiger partial charge in [0, 0.05) is 13.1 Å². The second-order valence-electron chi connectivity index (χ2n) is 3.51. The van der Waals surface area contributed by atoms with Crippen LogP contribution in [-0.4, -0.2) is 19.0 Å². The number of amides is 1. The number of hydrogen-bond donors (Lipinski definition) is 2. The van der Waals surface area contributed by atoms with Gasteiger partial charge >= 0.3 is 6.18 Å². The van der Waals surface area contributed by atoms with Crippen LogP contribution in [0.1, 0.15) is 11.1 Å². The van der Waals surface area contributed by atoms with Gasteiger partial charge in [-0.1, -0.05) is 12.1 Å². The van der Waals surface area contributed by atoms with Crippen LogP contribution in [0.25, 0.3) is 0 Å². The summed E-state index contributed by atoms with van der Waals surface area (Å²) in [5, 5.41) is 2.54. The average molecular weight is 283 g/mol. The van der Waals surface area contributed by atoms with E-state index in [-0.39, 0.29) is 24.7 Å². The fourth-order valence-electron chi connectivity index (χ4n) is 1.27. The summed E-state index contributed by atoms with van der Waals surface area (Å²) in [6, 6.07) is 4.52. The van der Waals surface area contributed by atoms with Crippen molar-refractivity contribution in [3.05, 3.63) is 35.4 Å². The molecule has 0 saturated carbocycles. The van der Waals surface area contributed by atoms with E-state index < -0.39 is 11.7 Å². The first kappa shape index (κ1) is 16.7. The normalized spacial score (nSPS) is 10.7. The fraction of sp³-hybridized carbons (Fsp3) is 0.364. The molecule has 0 aliphatic heterocycles. The molecule has 1 aromatic rings. The zero-order valence-electron chi connectivity index (χ0n) is 9.46. The van der Waals surface area contributed by atoms with E-state index in [0.29, 0.717) is 18.7 Å². The van der Waals surface area contributed by atoms with Crippen LogP contribution in [0.3, 0.4) is 0 Å². The Labute approximate surface area is 109 Å². The first-order valence-corrected chi connectivity index (χ1v) is 5.06. The predicted molar refractivity (Wildman–Crippen MR) is 64.5 cm³/mol. The van der Waals surface area contributed by atoms with Crippen LogP contribution in [0.15, 0.2) is 24.3 Å². The Kier molecular flexibility index (Phi) is 6.72. The van der Waals surface area contributed by atoms with E-state index in [4.69, 9.17) is 5.73 Å². The molecule has 3 nitrogen and oxygen atoms in total. The topological polar surface area (TPSA) is 55.1 Å². The van der Waals surface area contributed by atoms with Crippen molar-refractivity contribution in [3.8, 4) is 0 Å². The van der Waals surface area contributed by atoms with Crippen LogP contribution in [0.5, 0.6) is 0 Å². The maximum Gasteiger partial charge on any atom is 0.416 e. The second-order valence-corrected chi connectivity index (χ2v) is 3.51. The monoisotopic (exact) mass is 282 g/mol. The Morgan fingerprint density at radius 3 is 2.22 bits per heavy atom. The molecule has 0 unspecified atom stereocenters. The Morgan fingerprint density at radius 2 is 1.78 bits per heavy atom. The van der Waals surface area contributed by atoms with Crippen LogP contribution in [0.2, 0.25) is 0 Å². The number of nitrogens with two attached hydrogens (primary N) is 1. The van der Waals surface area contributed by atoms with Crippen LogP contribution < -0.4 is 11.1 Å². The molecule has 1 amide bonds. The summed E-state index contributed by atoms with van der Waals surface area (Å²) in [6.07, 6.45) is -4.29. The molecule has 0 heterocycles. The second kappa shape index (κ2) is 7.23. The Bertz CT molecular complexity index is 379. The van der Waals surface area contributed by atoms with Gasteiger partial charge < -0.3 is 11.1 Å². The van der Waals surface area contributed by atoms with Crippen molar-refractivity contribution in [1.82, 2.24) is 5.32 Å². The van der Waals surface area contributed by atoms with E-state index in [0.717, 1.165) is 12.1 Å². The number of carbonyl (C=O) groups is 1. The largest absolute Gasteiger partial charge is 0.416 e. The Morgan fingerprint density at radius 1 is 1.22 bits per heavy atom. The first-order chi connectivity index (χ1) is 7.93. The summed E-state index contributed by atoms with van der Waals surface area (Å²) < 4.78 is 36.8. The predicted octanol–water partition coefficient (Wildman–Crippen LogP) is 1.74. The zero-order chi connectivity index (χ0) is 12.9. The van der Waals surface area contributed by atoms with Gasteiger partial charge in [-0.05, 0) is 17.7 Å². The molecule has 3 N–H and O–H groups in total. The highest BCUT2D eigenvalue weighted by atomic mass is 35.5. The van der Waals surface area contributed by atoms with Crippen molar-refractivity contribution in [2.75, 3.05) is 13.1 Å². The number of hydrogen-bond acceptors (Lipinski definition) is 2. The standard InChI is InChI=1S/C11H13F3N2O.ClH/c12-11(13,14)9-3-1-8(2-4-9)7-10(17)16-6-5-15;/h1-4H,5-7,15H2,(H,16,17);1H. The molecular weight excluding hydrogens is 269 g/mol. The highest BCUT2D eigenvalue weighted by molar-refractivity contribution is 5.85. The Balaban J connectivity index is 0.00000289. The van der Waals surface area contributed by atoms with Gasteiger partial charge in [0.05, 0.1) is 12.0 Å². The molecule has 0 atom stereocenters. The lowest BCUT2D eigenvalue weighted by atomic mass is 10.1. The third-order valence-corrected chi connectivity index (χ3v) is 2.11. The number of nitrogens with one attached hydrogen (secondary N) is 1. The van der Waals surface area contributed by atoms with E-state index in [1.54, 1.807) is 0 Å². The minimum Gasteiger partial charge on any atom is -0.355 e. The van der Waals surface area contributed by atoms with Gasteiger partial charge in [-0.2, -0.15) is 13.2 Å². The van der Waals surface area contributed by atoms with E-state index in [1.165, 1.54) is 12.1 Å². The number of benzene rings is 1. The van der Waals surface area contributed by atoms with E-state index in [2.05, 4.69) is 5.32 Å². The highest BCUT2D eigenvalue weighted by Gasteiger charge is 2.29. The smallest absolute Gasteiger partial charge is 0.355 e. The van der Waals surface area contributed by atoms with E-state index >= 15 is 0 Å². The van der Waals surface area contributed by atoms with Crippen LogP contribution >= 0.6 is 12.4 Å². The SMILES string of the molecule is Cl.NCCNC(=O)Cc1ccc(C(F)(F)F)cc1. The number of carbonyl (C=O) groups excluding carboxylic acids is 1. The van der Waals surface area contributed by atoms with Crippen molar-refractivity contribution in [2.45, 2.75) is 12.6 Å².